The Balaban J connectivity index is 2.39. The number of carboxylic acids is 1. The molecule has 2 aromatic rings. The molecule has 0 saturated carbocycles. The second-order valence-electron chi connectivity index (χ2n) is 6.98. The summed E-state index contributed by atoms with van der Waals surface area (Å²) in [6, 6.07) is 6.40. The van der Waals surface area contributed by atoms with Crippen LogP contribution in [-0.2, 0) is 4.79 Å². The van der Waals surface area contributed by atoms with Gasteiger partial charge in [0.15, 0.2) is 0 Å². The Morgan fingerprint density at radius 1 is 1.14 bits per heavy atom. The molecule has 7 heteroatoms. The first-order chi connectivity index (χ1) is 13.2. The monoisotopic (exact) mass is 388 g/mol. The second-order valence-corrected chi connectivity index (χ2v) is 6.98. The third kappa shape index (κ3) is 4.47. The van der Waals surface area contributed by atoms with Crippen molar-refractivity contribution in [1.29, 1.82) is 0 Å². The first kappa shape index (κ1) is 21.3. The van der Waals surface area contributed by atoms with E-state index in [0.29, 0.717) is 22.6 Å². The van der Waals surface area contributed by atoms with Crippen LogP contribution in [-0.4, -0.2) is 35.8 Å². The normalized spacial score (nSPS) is 12.0. The van der Waals surface area contributed by atoms with Crippen LogP contribution in [0.5, 0.6) is 11.5 Å². The number of carboxylic acid groups (broad SMARTS) is 1. The van der Waals surface area contributed by atoms with Gasteiger partial charge in [0, 0.05) is 29.1 Å². The zero-order valence-corrected chi connectivity index (χ0v) is 17.2. The summed E-state index contributed by atoms with van der Waals surface area (Å²) < 4.78 is 12.7. The topological polar surface area (TPSA) is 89.8 Å². The highest BCUT2D eigenvalue weighted by atomic mass is 16.5. The fraction of sp³-hybridized carbons (Fsp3) is 0.429. The van der Waals surface area contributed by atoms with Gasteiger partial charge in [-0.3, -0.25) is 9.59 Å². The van der Waals surface area contributed by atoms with E-state index in [2.05, 4.69) is 23.7 Å². The maximum Gasteiger partial charge on any atom is 0.305 e. The van der Waals surface area contributed by atoms with Crippen molar-refractivity contribution in [2.24, 2.45) is 0 Å². The first-order valence-corrected chi connectivity index (χ1v) is 9.12. The number of nitrogens with zero attached hydrogens (tertiary/aromatic N) is 1. The summed E-state index contributed by atoms with van der Waals surface area (Å²) in [7, 11) is 3.03. The third-order valence-corrected chi connectivity index (χ3v) is 4.75. The molecule has 2 N–H and O–H groups in total. The van der Waals surface area contributed by atoms with Crippen molar-refractivity contribution < 1.29 is 24.2 Å². The summed E-state index contributed by atoms with van der Waals surface area (Å²) in [5, 5.41) is 12.2. The molecule has 1 atom stereocenters. The SMILES string of the molecule is COc1ccc(C(CC(=O)O)NC(=O)c2cc(C)n(C(C)C)c2C)c(OC)c1. The van der Waals surface area contributed by atoms with Gasteiger partial charge in [-0.05, 0) is 45.9 Å². The molecule has 0 aliphatic rings. The first-order valence-electron chi connectivity index (χ1n) is 9.12. The number of amides is 1. The van der Waals surface area contributed by atoms with Crippen LogP contribution in [0.25, 0.3) is 0 Å². The third-order valence-electron chi connectivity index (χ3n) is 4.75. The number of methoxy groups -OCH3 is 2. The summed E-state index contributed by atoms with van der Waals surface area (Å²) in [6.45, 7) is 7.95. The second kappa shape index (κ2) is 8.82. The van der Waals surface area contributed by atoms with Crippen LogP contribution >= 0.6 is 0 Å². The number of aryl methyl sites for hydroxylation is 1. The van der Waals surface area contributed by atoms with Crippen LogP contribution in [0.2, 0.25) is 0 Å². The van der Waals surface area contributed by atoms with Gasteiger partial charge in [-0.15, -0.1) is 0 Å². The molecule has 0 fully saturated rings. The number of hydrogen-bond acceptors (Lipinski definition) is 4. The van der Waals surface area contributed by atoms with E-state index in [0.717, 1.165) is 11.4 Å². The molecular weight excluding hydrogens is 360 g/mol. The van der Waals surface area contributed by atoms with Gasteiger partial charge in [-0.2, -0.15) is 0 Å². The average Bonchev–Trinajstić information content (AvgIpc) is 2.94. The van der Waals surface area contributed by atoms with E-state index in [1.807, 2.05) is 19.9 Å². The number of hydrogen-bond donors (Lipinski definition) is 2. The van der Waals surface area contributed by atoms with Gasteiger partial charge < -0.3 is 24.5 Å². The van der Waals surface area contributed by atoms with Crippen molar-refractivity contribution in [2.75, 3.05) is 14.2 Å². The summed E-state index contributed by atoms with van der Waals surface area (Å²) in [5.41, 5.74) is 2.95. The standard InChI is InChI=1S/C21H28N2O5/c1-12(2)23-13(3)9-17(14(23)4)21(26)22-18(11-20(24)25)16-8-7-15(27-5)10-19(16)28-6/h7-10,12,18H,11H2,1-6H3,(H,22,26)(H,24,25). The lowest BCUT2D eigenvalue weighted by Gasteiger charge is -2.21. The molecule has 0 spiro atoms. The Kier molecular flexibility index (Phi) is 6.72. The zero-order chi connectivity index (χ0) is 21.0. The maximum atomic E-state index is 13.0. The number of carbonyl (C=O) groups is 2. The molecule has 1 aromatic carbocycles. The lowest BCUT2D eigenvalue weighted by molar-refractivity contribution is -0.137. The van der Waals surface area contributed by atoms with E-state index in [9.17, 15) is 14.7 Å². The molecule has 7 nitrogen and oxygen atoms in total. The molecule has 28 heavy (non-hydrogen) atoms. The molecule has 152 valence electrons. The van der Waals surface area contributed by atoms with Crippen molar-refractivity contribution in [3.8, 4) is 11.5 Å². The van der Waals surface area contributed by atoms with Crippen LogP contribution < -0.4 is 14.8 Å². The number of aliphatic carboxylic acids is 1. The fourth-order valence-electron chi connectivity index (χ4n) is 3.56. The van der Waals surface area contributed by atoms with E-state index < -0.39 is 12.0 Å². The predicted octanol–water partition coefficient (Wildman–Crippen LogP) is 3.65. The van der Waals surface area contributed by atoms with Gasteiger partial charge in [-0.25, -0.2) is 0 Å². The van der Waals surface area contributed by atoms with Gasteiger partial charge >= 0.3 is 5.97 Å². The smallest absolute Gasteiger partial charge is 0.305 e. The molecule has 1 heterocycles. The number of benzene rings is 1. The van der Waals surface area contributed by atoms with Crippen molar-refractivity contribution in [3.05, 3.63) is 46.8 Å². The van der Waals surface area contributed by atoms with Crippen LogP contribution in [0.15, 0.2) is 24.3 Å². The Labute approximate surface area is 165 Å². The predicted molar refractivity (Wildman–Crippen MR) is 106 cm³/mol. The van der Waals surface area contributed by atoms with Gasteiger partial charge in [0.1, 0.15) is 11.5 Å². The summed E-state index contributed by atoms with van der Waals surface area (Å²) >= 11 is 0. The fourth-order valence-corrected chi connectivity index (χ4v) is 3.56. The highest BCUT2D eigenvalue weighted by Gasteiger charge is 2.25. The van der Waals surface area contributed by atoms with Gasteiger partial charge in [0.05, 0.1) is 32.2 Å². The van der Waals surface area contributed by atoms with Crippen LogP contribution in [0.1, 0.15) is 59.7 Å². The van der Waals surface area contributed by atoms with E-state index in [4.69, 9.17) is 9.47 Å². The number of aromatic nitrogens is 1. The highest BCUT2D eigenvalue weighted by Crippen LogP contribution is 2.32. The minimum Gasteiger partial charge on any atom is -0.497 e. The van der Waals surface area contributed by atoms with Crippen molar-refractivity contribution >= 4 is 11.9 Å². The lowest BCUT2D eigenvalue weighted by Crippen LogP contribution is -2.31. The summed E-state index contributed by atoms with van der Waals surface area (Å²) in [6.07, 6.45) is -0.267. The van der Waals surface area contributed by atoms with Crippen molar-refractivity contribution in [3.63, 3.8) is 0 Å². The largest absolute Gasteiger partial charge is 0.497 e. The quantitative estimate of drug-likeness (QED) is 0.720. The molecule has 1 aromatic heterocycles. The molecule has 0 aliphatic carbocycles. The van der Waals surface area contributed by atoms with Crippen LogP contribution in [0.4, 0.5) is 0 Å². The Bertz CT molecular complexity index is 870. The summed E-state index contributed by atoms with van der Waals surface area (Å²) in [5.74, 6) is -0.292. The van der Waals surface area contributed by atoms with E-state index in [-0.39, 0.29) is 18.4 Å². The van der Waals surface area contributed by atoms with Crippen molar-refractivity contribution in [2.45, 2.75) is 46.2 Å². The molecule has 1 unspecified atom stereocenters. The molecule has 0 bridgehead atoms. The molecule has 1 amide bonds. The molecule has 0 aliphatic heterocycles. The molecule has 2 rings (SSSR count). The Morgan fingerprint density at radius 3 is 2.32 bits per heavy atom. The van der Waals surface area contributed by atoms with Crippen LogP contribution in [0, 0.1) is 13.8 Å². The number of nitrogens with one attached hydrogen (secondary N) is 1. The maximum absolute atomic E-state index is 13.0. The van der Waals surface area contributed by atoms with E-state index in [1.54, 1.807) is 18.2 Å². The van der Waals surface area contributed by atoms with E-state index in [1.165, 1.54) is 14.2 Å². The minimum absolute atomic E-state index is 0.220. The number of carbonyl (C=O) groups excluding carboxylic acids is 1. The summed E-state index contributed by atoms with van der Waals surface area (Å²) in [4.78, 5) is 24.4. The number of ether oxygens (including phenoxy) is 2. The van der Waals surface area contributed by atoms with Gasteiger partial charge in [0.2, 0.25) is 0 Å². The molecule has 0 radical (unpaired) electrons. The Morgan fingerprint density at radius 2 is 1.82 bits per heavy atom. The number of rotatable bonds is 8. The minimum atomic E-state index is -1.02. The zero-order valence-electron chi connectivity index (χ0n) is 17.2. The molecular formula is C21H28N2O5. The van der Waals surface area contributed by atoms with Gasteiger partial charge in [0.25, 0.3) is 5.91 Å². The van der Waals surface area contributed by atoms with Crippen molar-refractivity contribution in [1.82, 2.24) is 9.88 Å². The molecule has 0 saturated heterocycles. The Hall–Kier alpha value is -2.96. The van der Waals surface area contributed by atoms with E-state index >= 15 is 0 Å². The average molecular weight is 388 g/mol. The highest BCUT2D eigenvalue weighted by molar-refractivity contribution is 5.96. The lowest BCUT2D eigenvalue weighted by atomic mass is 10.0. The van der Waals surface area contributed by atoms with Crippen LogP contribution in [0.3, 0.4) is 0 Å². The van der Waals surface area contributed by atoms with Gasteiger partial charge in [-0.1, -0.05) is 0 Å².